The van der Waals surface area contributed by atoms with Gasteiger partial charge < -0.3 is 53.8 Å². The number of para-hydroxylation sites is 1. The molecule has 0 spiro atoms. The molecule has 5 aliphatic heterocycles. The minimum Gasteiger partial charge on any atom is -0.479 e. The van der Waals surface area contributed by atoms with Gasteiger partial charge in [-0.15, -0.1) is 0 Å². The predicted molar refractivity (Wildman–Crippen MR) is 304 cm³/mol. The van der Waals surface area contributed by atoms with Crippen molar-refractivity contribution < 1.29 is 72.9 Å². The van der Waals surface area contributed by atoms with Crippen LogP contribution < -0.4 is 11.4 Å². The SMILES string of the molecule is CO[C@H]1C[C@@H]2CC[C@@H](C)[C@@](O)(O2)C(=O)C(=O)N2CCCCC2C(=O)O[C@H]([C@H](C)C[C@@H]2CC[C@@H](O)[C@H](OC)C2)CC(=O)[C@H](C)/C=C(\C)[C@@H](O)[C@@H](OC)/C(=N\OCC(=O)O)[C@H](C)C[C@H](C)C2C=CC(C=C1C)n1c(=O)n(-c3ccccc3)c(=O)n12. The number of carbonyl (C=O) groups is 5. The molecule has 6 heterocycles. The van der Waals surface area contributed by atoms with Crippen LogP contribution in [-0.2, 0) is 52.5 Å². The van der Waals surface area contributed by atoms with Gasteiger partial charge in [-0.25, -0.2) is 33.1 Å². The number of ketones is 2. The van der Waals surface area contributed by atoms with Gasteiger partial charge in [-0.05, 0) is 119 Å². The van der Waals surface area contributed by atoms with Crippen LogP contribution in [0.1, 0.15) is 138 Å². The minimum absolute atomic E-state index is 0.0135. The highest BCUT2D eigenvalue weighted by atomic mass is 16.6. The number of carbonyl (C=O) groups excluding carboxylic acids is 4. The number of carboxylic acids is 1. The lowest BCUT2D eigenvalue weighted by Crippen LogP contribution is -2.61. The van der Waals surface area contributed by atoms with Crippen LogP contribution in [0, 0.1) is 35.5 Å². The number of aromatic nitrogens is 3. The monoisotopic (exact) mass is 1160 g/mol. The summed E-state index contributed by atoms with van der Waals surface area (Å²) in [5.74, 6) is -10.5. The van der Waals surface area contributed by atoms with Gasteiger partial charge in [0.1, 0.15) is 30.1 Å². The molecule has 1 aromatic carbocycles. The van der Waals surface area contributed by atoms with Crippen molar-refractivity contribution in [3.8, 4) is 5.69 Å². The van der Waals surface area contributed by atoms with E-state index in [1.54, 1.807) is 84.2 Å². The highest BCUT2D eigenvalue weighted by Crippen LogP contribution is 2.39. The Balaban J connectivity index is 1.31. The summed E-state index contributed by atoms with van der Waals surface area (Å²) in [5.41, 5.74) is 0.170. The number of methoxy groups -OCH3 is 3. The number of hydrogen-bond acceptors (Lipinski definition) is 17. The zero-order valence-electron chi connectivity index (χ0n) is 49.7. The maximum Gasteiger partial charge on any atom is 0.352 e. The first-order valence-electron chi connectivity index (χ1n) is 29.3. The summed E-state index contributed by atoms with van der Waals surface area (Å²) in [5, 5.41) is 48.8. The molecule has 3 fully saturated rings. The van der Waals surface area contributed by atoms with Crippen molar-refractivity contribution in [3.05, 3.63) is 86.8 Å². The van der Waals surface area contributed by atoms with Crippen LogP contribution in [-0.4, -0.2) is 163 Å². The molecule has 8 rings (SSSR count). The molecule has 1 aromatic heterocycles. The first-order valence-corrected chi connectivity index (χ1v) is 29.3. The molecular formula is C61H87N5O17. The Labute approximate surface area is 485 Å². The lowest BCUT2D eigenvalue weighted by molar-refractivity contribution is -0.265. The number of Topliss-reactive ketones (excluding diaryl/α,β-unsaturated/α-hetero) is 2. The van der Waals surface area contributed by atoms with Gasteiger partial charge in [0.05, 0.1) is 47.9 Å². The van der Waals surface area contributed by atoms with E-state index in [1.807, 2.05) is 26.0 Å². The van der Waals surface area contributed by atoms with Crippen molar-refractivity contribution in [2.24, 2.45) is 40.7 Å². The van der Waals surface area contributed by atoms with E-state index in [4.69, 9.17) is 28.5 Å². The van der Waals surface area contributed by atoms with E-state index in [-0.39, 0.29) is 49.6 Å². The van der Waals surface area contributed by atoms with Crippen LogP contribution in [0.4, 0.5) is 0 Å². The summed E-state index contributed by atoms with van der Waals surface area (Å²) >= 11 is 0. The zero-order chi connectivity index (χ0) is 60.6. The molecule has 2 saturated heterocycles. The second-order valence-corrected chi connectivity index (χ2v) is 23.9. The van der Waals surface area contributed by atoms with Gasteiger partial charge in [0.15, 0.2) is 0 Å². The topological polar surface area (TPSA) is 286 Å². The van der Waals surface area contributed by atoms with Gasteiger partial charge >= 0.3 is 23.3 Å². The number of carboxylic acid groups (broad SMARTS) is 1. The Morgan fingerprint density at radius 2 is 1.54 bits per heavy atom. The van der Waals surface area contributed by atoms with Crippen molar-refractivity contribution in [3.63, 3.8) is 0 Å². The summed E-state index contributed by atoms with van der Waals surface area (Å²) in [6, 6.07) is 5.73. The Morgan fingerprint density at radius 3 is 2.22 bits per heavy atom. The number of piperidine rings is 1. The molecule has 3 unspecified atom stereocenters. The number of oxime groups is 1. The van der Waals surface area contributed by atoms with Crippen molar-refractivity contribution in [1.29, 1.82) is 0 Å². The number of fused-ring (bicyclic) bond motifs is 15. The third-order valence-corrected chi connectivity index (χ3v) is 18.0. The average Bonchev–Trinajstić information content (AvgIpc) is 2.19. The normalized spacial score (nSPS) is 35.4. The second-order valence-electron chi connectivity index (χ2n) is 23.9. The fourth-order valence-corrected chi connectivity index (χ4v) is 13.0. The molecular weight excluding hydrogens is 1070 g/mol. The molecule has 2 aromatic rings. The number of aliphatic hydroxyl groups is 3. The summed E-state index contributed by atoms with van der Waals surface area (Å²) in [4.78, 5) is 106. The number of rotatable bonds is 10. The molecule has 458 valence electrons. The van der Waals surface area contributed by atoms with Crippen LogP contribution in [0.3, 0.4) is 0 Å². The van der Waals surface area contributed by atoms with Crippen molar-refractivity contribution in [2.45, 2.75) is 192 Å². The Hall–Kier alpha value is -5.88. The van der Waals surface area contributed by atoms with Crippen molar-refractivity contribution in [2.75, 3.05) is 34.5 Å². The molecule has 1 aliphatic carbocycles. The second kappa shape index (κ2) is 28.3. The van der Waals surface area contributed by atoms with Crippen LogP contribution in [0.5, 0.6) is 0 Å². The quantitative estimate of drug-likeness (QED) is 0.0999. The van der Waals surface area contributed by atoms with Crippen molar-refractivity contribution >= 4 is 35.1 Å². The third-order valence-electron chi connectivity index (χ3n) is 18.0. The predicted octanol–water partition coefficient (Wildman–Crippen LogP) is 5.42. The standard InChI is InChI=1S/C61H87N5O17/c1-34-26-38(5)53(62-81-33-52(69)70)55(80-10)54(71)39(6)27-35(2)48(68)32-50(36(3)28-41-20-24-47(67)51(30-41)79-9)82-58(74)46-18-14-15-25-63(46)57(73)56(72)61(77)40(7)19-22-44(83-61)31-49(78-8)37(4)29-43-21-23-45(34)66-60(76)64(59(75)65(43)66)42-16-12-11-13-17-42/h11-13,16-17,21,23,27,29,34-36,38,40-41,43-47,49-51,54-55,67,71,77H,14-15,18-20,22,24-26,28,30-33H2,1-10H3,(H,69,70)/b37-29?,39-27+,62-53-/t34-,35+,36+,38+,40+,41-,43?,44-,45?,46?,47+,49-,50-,51+,54+,55-,61+/m0/s1. The molecule has 17 atom stereocenters. The summed E-state index contributed by atoms with van der Waals surface area (Å²) < 4.78 is 34.1. The Morgan fingerprint density at radius 1 is 0.831 bits per heavy atom. The van der Waals surface area contributed by atoms with Gasteiger partial charge in [-0.2, -0.15) is 0 Å². The molecule has 0 radical (unpaired) electrons. The number of esters is 1. The molecule has 1 amide bonds. The average molecular weight is 1160 g/mol. The number of allylic oxidation sites excluding steroid dienone is 4. The number of nitrogens with zero attached hydrogens (tertiary/aromatic N) is 5. The zero-order valence-corrected chi connectivity index (χ0v) is 49.7. The number of aliphatic carboxylic acids is 1. The van der Waals surface area contributed by atoms with Crippen LogP contribution >= 0.6 is 0 Å². The van der Waals surface area contributed by atoms with Gasteiger partial charge in [0.25, 0.3) is 11.7 Å². The first-order chi connectivity index (χ1) is 39.4. The van der Waals surface area contributed by atoms with E-state index in [9.17, 15) is 54.0 Å². The van der Waals surface area contributed by atoms with Crippen LogP contribution in [0.25, 0.3) is 5.69 Å². The molecule has 6 aliphatic rings. The highest BCUT2D eigenvalue weighted by molar-refractivity contribution is 6.39. The largest absolute Gasteiger partial charge is 0.479 e. The molecule has 4 bridgehead atoms. The summed E-state index contributed by atoms with van der Waals surface area (Å²) in [7, 11) is 4.39. The number of ether oxygens (including phenoxy) is 5. The maximum absolute atomic E-state index is 14.8. The molecule has 83 heavy (non-hydrogen) atoms. The summed E-state index contributed by atoms with van der Waals surface area (Å²) in [6.45, 7) is 11.4. The van der Waals surface area contributed by atoms with Crippen LogP contribution in [0.15, 0.2) is 80.5 Å². The van der Waals surface area contributed by atoms with Gasteiger partial charge in [0, 0.05) is 58.5 Å². The van der Waals surface area contributed by atoms with E-state index in [2.05, 4.69) is 5.16 Å². The van der Waals surface area contributed by atoms with E-state index in [0.29, 0.717) is 68.2 Å². The van der Waals surface area contributed by atoms with Gasteiger partial charge in [-0.1, -0.05) is 82.3 Å². The van der Waals surface area contributed by atoms with Crippen molar-refractivity contribution in [1.82, 2.24) is 18.8 Å². The minimum atomic E-state index is -2.57. The third kappa shape index (κ3) is 14.6. The smallest absolute Gasteiger partial charge is 0.352 e. The highest BCUT2D eigenvalue weighted by Gasteiger charge is 2.53. The molecule has 22 heteroatoms. The molecule has 1 saturated carbocycles. The Bertz CT molecular complexity index is 2870. The lowest BCUT2D eigenvalue weighted by atomic mass is 9.78. The van der Waals surface area contributed by atoms with Gasteiger partial charge in [0.2, 0.25) is 12.4 Å². The fraction of sp³-hybridized carbons (Fsp3) is 0.672. The molecule has 22 nitrogen and oxygen atoms in total. The van der Waals surface area contributed by atoms with E-state index < -0.39 is 138 Å². The number of hydrogen-bond donors (Lipinski definition) is 4. The fourth-order valence-electron chi connectivity index (χ4n) is 13.0. The summed E-state index contributed by atoms with van der Waals surface area (Å²) in [6.07, 6.45) is 4.88. The Kier molecular flexibility index (Phi) is 22.1. The van der Waals surface area contributed by atoms with E-state index >= 15 is 0 Å². The maximum atomic E-state index is 14.8. The molecule has 4 N–H and O–H groups in total. The van der Waals surface area contributed by atoms with Gasteiger partial charge in [-0.3, -0.25) is 14.4 Å². The lowest BCUT2D eigenvalue weighted by Gasteiger charge is -2.42. The number of benzene rings is 1. The van der Waals surface area contributed by atoms with E-state index in [1.165, 1.54) is 23.6 Å². The number of aliphatic hydroxyl groups excluding tert-OH is 2. The van der Waals surface area contributed by atoms with E-state index in [0.717, 1.165) is 9.47 Å². The first kappa shape index (κ1) is 64.7. The number of amides is 1. The van der Waals surface area contributed by atoms with Crippen LogP contribution in [0.2, 0.25) is 0 Å².